The van der Waals surface area contributed by atoms with Crippen molar-refractivity contribution in [2.45, 2.75) is 19.4 Å². The third-order valence-corrected chi connectivity index (χ3v) is 3.54. The number of rotatable bonds is 4. The second-order valence-corrected chi connectivity index (χ2v) is 5.13. The van der Waals surface area contributed by atoms with Crippen LogP contribution >= 0.6 is 0 Å². The first-order valence-corrected chi connectivity index (χ1v) is 6.87. The normalized spacial score (nSPS) is 19.3. The van der Waals surface area contributed by atoms with Crippen molar-refractivity contribution in [2.24, 2.45) is 5.92 Å². The zero-order valence-corrected chi connectivity index (χ0v) is 11.4. The van der Waals surface area contributed by atoms with Crippen LogP contribution in [0.15, 0.2) is 24.3 Å². The molecule has 0 bridgehead atoms. The molecule has 0 radical (unpaired) electrons. The predicted octanol–water partition coefficient (Wildman–Crippen LogP) is 1.79. The summed E-state index contributed by atoms with van der Waals surface area (Å²) in [7, 11) is 0. The quantitative estimate of drug-likeness (QED) is 0.849. The highest BCUT2D eigenvalue weighted by atomic mass is 19.1. The molecule has 1 aliphatic rings. The largest absolute Gasteiger partial charge is 0.345 e. The predicted molar refractivity (Wildman–Crippen MR) is 76.2 cm³/mol. The molecule has 2 rings (SSSR count). The summed E-state index contributed by atoms with van der Waals surface area (Å²) in [5, 5.41) is 2.73. The number of likely N-dealkylation sites (tertiary alicyclic amines) is 1. The van der Waals surface area contributed by atoms with Crippen molar-refractivity contribution >= 4 is 5.91 Å². The average molecular weight is 274 g/mol. The van der Waals surface area contributed by atoms with Gasteiger partial charge in [0.15, 0.2) is 0 Å². The molecule has 1 N–H and O–H groups in total. The second-order valence-electron chi connectivity index (χ2n) is 5.13. The Hall–Kier alpha value is -1.86. The van der Waals surface area contributed by atoms with Crippen LogP contribution in [0.4, 0.5) is 4.39 Å². The van der Waals surface area contributed by atoms with Crippen molar-refractivity contribution in [3.05, 3.63) is 35.6 Å². The summed E-state index contributed by atoms with van der Waals surface area (Å²) in [5.41, 5.74) is 0.940. The van der Waals surface area contributed by atoms with Crippen molar-refractivity contribution in [1.29, 1.82) is 0 Å². The fourth-order valence-electron chi connectivity index (χ4n) is 2.59. The van der Waals surface area contributed by atoms with Crippen LogP contribution in [-0.4, -0.2) is 30.4 Å². The van der Waals surface area contributed by atoms with E-state index in [4.69, 9.17) is 6.42 Å². The summed E-state index contributed by atoms with van der Waals surface area (Å²) in [4.78, 5) is 14.1. The fraction of sp³-hybridized carbons (Fsp3) is 0.438. The third-order valence-electron chi connectivity index (χ3n) is 3.54. The minimum absolute atomic E-state index is 0.0203. The van der Waals surface area contributed by atoms with Crippen LogP contribution in [0.2, 0.25) is 0 Å². The molecule has 0 saturated carbocycles. The first kappa shape index (κ1) is 14.5. The monoisotopic (exact) mass is 274 g/mol. The molecule has 1 fully saturated rings. The lowest BCUT2D eigenvalue weighted by molar-refractivity contribution is -0.126. The standard InChI is InChI=1S/C16H19FN2O/c1-2-8-18-16(20)14-6-4-9-19(12-14)11-13-5-3-7-15(17)10-13/h1,3,5,7,10,14H,4,6,8-9,11-12H2,(H,18,20). The molecule has 1 saturated heterocycles. The summed E-state index contributed by atoms with van der Waals surface area (Å²) in [6.07, 6.45) is 7.00. The number of piperidine rings is 1. The van der Waals surface area contributed by atoms with E-state index in [0.29, 0.717) is 13.1 Å². The number of carbonyl (C=O) groups excluding carboxylic acids is 1. The Morgan fingerprint density at radius 1 is 1.55 bits per heavy atom. The molecule has 1 aromatic carbocycles. The molecule has 0 aromatic heterocycles. The summed E-state index contributed by atoms with van der Waals surface area (Å²) in [5.74, 6) is 2.19. The van der Waals surface area contributed by atoms with Gasteiger partial charge in [-0.2, -0.15) is 0 Å². The zero-order valence-electron chi connectivity index (χ0n) is 11.4. The Morgan fingerprint density at radius 3 is 3.15 bits per heavy atom. The van der Waals surface area contributed by atoms with Gasteiger partial charge in [0, 0.05) is 13.1 Å². The number of nitrogens with one attached hydrogen (secondary N) is 1. The van der Waals surface area contributed by atoms with Gasteiger partial charge < -0.3 is 5.32 Å². The van der Waals surface area contributed by atoms with Gasteiger partial charge in [-0.1, -0.05) is 18.1 Å². The molecule has 1 unspecified atom stereocenters. The number of halogens is 1. The number of nitrogens with zero attached hydrogens (tertiary/aromatic N) is 1. The lowest BCUT2D eigenvalue weighted by Crippen LogP contribution is -2.42. The third kappa shape index (κ3) is 4.07. The molecule has 3 nitrogen and oxygen atoms in total. The highest BCUT2D eigenvalue weighted by molar-refractivity contribution is 5.79. The van der Waals surface area contributed by atoms with Gasteiger partial charge in [-0.25, -0.2) is 4.39 Å². The minimum atomic E-state index is -0.220. The van der Waals surface area contributed by atoms with E-state index in [1.165, 1.54) is 6.07 Å². The molecule has 20 heavy (non-hydrogen) atoms. The van der Waals surface area contributed by atoms with E-state index in [1.807, 2.05) is 6.07 Å². The topological polar surface area (TPSA) is 32.3 Å². The SMILES string of the molecule is C#CCNC(=O)C1CCCN(Cc2cccc(F)c2)C1. The lowest BCUT2D eigenvalue weighted by atomic mass is 9.96. The lowest BCUT2D eigenvalue weighted by Gasteiger charge is -2.31. The average Bonchev–Trinajstić information content (AvgIpc) is 2.45. The van der Waals surface area contributed by atoms with Gasteiger partial charge in [0.25, 0.3) is 0 Å². The fourth-order valence-corrected chi connectivity index (χ4v) is 2.59. The van der Waals surface area contributed by atoms with E-state index >= 15 is 0 Å². The number of benzene rings is 1. The van der Waals surface area contributed by atoms with Gasteiger partial charge in [-0.3, -0.25) is 9.69 Å². The molecule has 0 aliphatic carbocycles. The second kappa shape index (κ2) is 7.06. The van der Waals surface area contributed by atoms with E-state index in [1.54, 1.807) is 12.1 Å². The van der Waals surface area contributed by atoms with Crippen LogP contribution in [0.3, 0.4) is 0 Å². The minimum Gasteiger partial charge on any atom is -0.345 e. The summed E-state index contributed by atoms with van der Waals surface area (Å²) < 4.78 is 13.2. The van der Waals surface area contributed by atoms with Crippen molar-refractivity contribution in [1.82, 2.24) is 10.2 Å². The van der Waals surface area contributed by atoms with Gasteiger partial charge in [0.1, 0.15) is 5.82 Å². The van der Waals surface area contributed by atoms with Crippen LogP contribution in [0.25, 0.3) is 0 Å². The van der Waals surface area contributed by atoms with Crippen molar-refractivity contribution in [3.63, 3.8) is 0 Å². The Labute approximate surface area is 119 Å². The molecular weight excluding hydrogens is 255 g/mol. The molecule has 1 amide bonds. The smallest absolute Gasteiger partial charge is 0.225 e. The first-order valence-electron chi connectivity index (χ1n) is 6.87. The van der Waals surface area contributed by atoms with Gasteiger partial charge in [0.05, 0.1) is 12.5 Å². The van der Waals surface area contributed by atoms with Crippen molar-refractivity contribution in [2.75, 3.05) is 19.6 Å². The Balaban J connectivity index is 1.90. The maximum Gasteiger partial charge on any atom is 0.225 e. The Morgan fingerprint density at radius 2 is 2.40 bits per heavy atom. The molecule has 106 valence electrons. The number of terminal acetylenes is 1. The highest BCUT2D eigenvalue weighted by Gasteiger charge is 2.25. The molecule has 1 aliphatic heterocycles. The summed E-state index contributed by atoms with van der Waals surface area (Å²) in [6, 6.07) is 6.61. The molecule has 1 heterocycles. The summed E-state index contributed by atoms with van der Waals surface area (Å²) in [6.45, 7) is 2.60. The van der Waals surface area contributed by atoms with Gasteiger partial charge in [-0.05, 0) is 37.1 Å². The maximum atomic E-state index is 13.2. The number of hydrogen-bond acceptors (Lipinski definition) is 2. The number of hydrogen-bond donors (Lipinski definition) is 1. The Bertz CT molecular complexity index is 509. The van der Waals surface area contributed by atoms with E-state index < -0.39 is 0 Å². The van der Waals surface area contributed by atoms with Gasteiger partial charge in [0.2, 0.25) is 5.91 Å². The van der Waals surface area contributed by atoms with Gasteiger partial charge in [-0.15, -0.1) is 6.42 Å². The van der Waals surface area contributed by atoms with Crippen LogP contribution in [0, 0.1) is 24.1 Å². The van der Waals surface area contributed by atoms with Crippen LogP contribution in [0.1, 0.15) is 18.4 Å². The van der Waals surface area contributed by atoms with Crippen LogP contribution in [-0.2, 0) is 11.3 Å². The zero-order chi connectivity index (χ0) is 14.4. The van der Waals surface area contributed by atoms with E-state index in [2.05, 4.69) is 16.1 Å². The molecule has 1 aromatic rings. The van der Waals surface area contributed by atoms with E-state index in [0.717, 1.165) is 24.9 Å². The molecule has 4 heteroatoms. The summed E-state index contributed by atoms with van der Waals surface area (Å²) >= 11 is 0. The molecule has 1 atom stereocenters. The van der Waals surface area contributed by atoms with Crippen molar-refractivity contribution < 1.29 is 9.18 Å². The van der Waals surface area contributed by atoms with Crippen molar-refractivity contribution in [3.8, 4) is 12.3 Å². The van der Waals surface area contributed by atoms with Crippen LogP contribution < -0.4 is 5.32 Å². The number of carbonyl (C=O) groups is 1. The molecule has 0 spiro atoms. The van der Waals surface area contributed by atoms with E-state index in [-0.39, 0.29) is 24.2 Å². The Kier molecular flexibility index (Phi) is 5.14. The highest BCUT2D eigenvalue weighted by Crippen LogP contribution is 2.19. The molecular formula is C16H19FN2O. The maximum absolute atomic E-state index is 13.2. The van der Waals surface area contributed by atoms with Gasteiger partial charge >= 0.3 is 0 Å². The number of amides is 1. The van der Waals surface area contributed by atoms with Crippen LogP contribution in [0.5, 0.6) is 0 Å². The first-order chi connectivity index (χ1) is 9.69. The van der Waals surface area contributed by atoms with E-state index in [9.17, 15) is 9.18 Å².